The molecular formula is C11H16N4O2. The van der Waals surface area contributed by atoms with Crippen LogP contribution in [-0.4, -0.2) is 34.1 Å². The van der Waals surface area contributed by atoms with Gasteiger partial charge < -0.3 is 15.7 Å². The summed E-state index contributed by atoms with van der Waals surface area (Å²) in [6, 6.07) is 0. The molecule has 3 N–H and O–H groups in total. The lowest BCUT2D eigenvalue weighted by molar-refractivity contribution is 0.0683. The van der Waals surface area contributed by atoms with Crippen molar-refractivity contribution in [3.05, 3.63) is 17.1 Å². The minimum atomic E-state index is -1.08. The Hall–Kier alpha value is -1.69. The fraction of sp³-hybridized carbons (Fsp3) is 0.545. The monoisotopic (exact) mass is 236 g/mol. The van der Waals surface area contributed by atoms with Crippen LogP contribution in [0.25, 0.3) is 0 Å². The second-order valence-corrected chi connectivity index (χ2v) is 3.98. The smallest absolute Gasteiger partial charge is 0.374 e. The number of rotatable bonds is 4. The van der Waals surface area contributed by atoms with Crippen LogP contribution in [0.5, 0.6) is 0 Å². The van der Waals surface area contributed by atoms with E-state index in [1.165, 1.54) is 0 Å². The number of nitrogens with zero attached hydrogens (tertiary/aromatic N) is 2. The predicted molar refractivity (Wildman–Crippen MR) is 63.2 cm³/mol. The maximum Gasteiger partial charge on any atom is 0.374 e. The van der Waals surface area contributed by atoms with E-state index in [0.717, 1.165) is 37.2 Å². The van der Waals surface area contributed by atoms with Crippen LogP contribution in [0.3, 0.4) is 0 Å². The number of carboxylic acid groups (broad SMARTS) is 1. The van der Waals surface area contributed by atoms with Crippen molar-refractivity contribution >= 4 is 11.8 Å². The molecule has 17 heavy (non-hydrogen) atoms. The number of aromatic nitrogens is 2. The molecule has 0 bridgehead atoms. The molecule has 6 nitrogen and oxygen atoms in total. The molecule has 0 spiro atoms. The fourth-order valence-corrected chi connectivity index (χ4v) is 1.83. The topological polar surface area (TPSA) is 87.1 Å². The van der Waals surface area contributed by atoms with E-state index in [0.29, 0.717) is 12.4 Å². The van der Waals surface area contributed by atoms with Crippen LogP contribution < -0.4 is 10.6 Å². The summed E-state index contributed by atoms with van der Waals surface area (Å²) in [6.07, 6.45) is 1.72. The molecule has 0 unspecified atom stereocenters. The van der Waals surface area contributed by atoms with Gasteiger partial charge in [0.25, 0.3) is 0 Å². The molecule has 0 atom stereocenters. The average molecular weight is 236 g/mol. The first-order chi connectivity index (χ1) is 8.22. The number of hydrogen-bond donors (Lipinski definition) is 3. The Morgan fingerprint density at radius 3 is 3.06 bits per heavy atom. The molecule has 0 saturated heterocycles. The van der Waals surface area contributed by atoms with E-state index >= 15 is 0 Å². The van der Waals surface area contributed by atoms with Crippen molar-refractivity contribution in [3.8, 4) is 0 Å². The standard InChI is InChI=1S/C11H16N4O2/c1-2-4-13-9-7-6-12-5-3-8(7)14-10(15-9)11(16)17/h12H,2-6H2,1H3,(H,16,17)(H,13,14,15). The summed E-state index contributed by atoms with van der Waals surface area (Å²) in [6.45, 7) is 4.36. The van der Waals surface area contributed by atoms with Gasteiger partial charge in [0.1, 0.15) is 5.82 Å². The summed E-state index contributed by atoms with van der Waals surface area (Å²) in [7, 11) is 0. The van der Waals surface area contributed by atoms with Gasteiger partial charge in [-0.1, -0.05) is 6.92 Å². The van der Waals surface area contributed by atoms with Gasteiger partial charge in [-0.3, -0.25) is 0 Å². The average Bonchev–Trinajstić information content (AvgIpc) is 2.35. The van der Waals surface area contributed by atoms with E-state index in [4.69, 9.17) is 5.11 Å². The molecule has 0 saturated carbocycles. The Balaban J connectivity index is 2.39. The van der Waals surface area contributed by atoms with E-state index in [1.54, 1.807) is 0 Å². The molecule has 92 valence electrons. The zero-order valence-electron chi connectivity index (χ0n) is 9.79. The maximum atomic E-state index is 10.9. The van der Waals surface area contributed by atoms with E-state index in [1.807, 2.05) is 0 Å². The molecule has 1 aliphatic rings. The summed E-state index contributed by atoms with van der Waals surface area (Å²) in [5.41, 5.74) is 1.84. The van der Waals surface area contributed by atoms with E-state index in [2.05, 4.69) is 27.5 Å². The van der Waals surface area contributed by atoms with Crippen molar-refractivity contribution in [2.75, 3.05) is 18.4 Å². The van der Waals surface area contributed by atoms with Gasteiger partial charge in [-0.25, -0.2) is 14.8 Å². The third kappa shape index (κ3) is 2.52. The van der Waals surface area contributed by atoms with Crippen LogP contribution in [0.15, 0.2) is 0 Å². The Kier molecular flexibility index (Phi) is 3.53. The van der Waals surface area contributed by atoms with E-state index in [9.17, 15) is 4.79 Å². The molecule has 2 heterocycles. The third-order valence-electron chi connectivity index (χ3n) is 2.67. The van der Waals surface area contributed by atoms with Gasteiger partial charge in [0.2, 0.25) is 5.82 Å². The van der Waals surface area contributed by atoms with Gasteiger partial charge in [-0.15, -0.1) is 0 Å². The van der Waals surface area contributed by atoms with Gasteiger partial charge in [0.15, 0.2) is 0 Å². The van der Waals surface area contributed by atoms with Gasteiger partial charge in [0, 0.05) is 31.6 Å². The Labute approximate surface area is 99.5 Å². The fourth-order valence-electron chi connectivity index (χ4n) is 1.83. The maximum absolute atomic E-state index is 10.9. The summed E-state index contributed by atoms with van der Waals surface area (Å²) in [5.74, 6) is -0.545. The minimum absolute atomic E-state index is 0.121. The second kappa shape index (κ2) is 5.09. The normalized spacial score (nSPS) is 14.2. The van der Waals surface area contributed by atoms with Crippen molar-refractivity contribution < 1.29 is 9.90 Å². The van der Waals surface area contributed by atoms with Crippen molar-refractivity contribution in [1.29, 1.82) is 0 Å². The number of aromatic carboxylic acids is 1. The molecule has 2 rings (SSSR count). The summed E-state index contributed by atoms with van der Waals surface area (Å²) < 4.78 is 0. The van der Waals surface area contributed by atoms with Crippen molar-refractivity contribution in [2.45, 2.75) is 26.3 Å². The van der Waals surface area contributed by atoms with Crippen molar-refractivity contribution in [3.63, 3.8) is 0 Å². The third-order valence-corrected chi connectivity index (χ3v) is 2.67. The molecule has 0 aliphatic carbocycles. The lowest BCUT2D eigenvalue weighted by Crippen LogP contribution is -2.27. The van der Waals surface area contributed by atoms with Crippen LogP contribution in [0.4, 0.5) is 5.82 Å². The SMILES string of the molecule is CCCNc1nc(C(=O)O)nc2c1CNCC2. The van der Waals surface area contributed by atoms with Crippen LogP contribution in [0.1, 0.15) is 35.2 Å². The molecule has 1 aromatic heterocycles. The van der Waals surface area contributed by atoms with Crippen LogP contribution >= 0.6 is 0 Å². The van der Waals surface area contributed by atoms with Gasteiger partial charge in [-0.2, -0.15) is 0 Å². The van der Waals surface area contributed by atoms with Crippen LogP contribution in [0.2, 0.25) is 0 Å². The van der Waals surface area contributed by atoms with Gasteiger partial charge >= 0.3 is 5.97 Å². The minimum Gasteiger partial charge on any atom is -0.475 e. The van der Waals surface area contributed by atoms with Crippen LogP contribution in [-0.2, 0) is 13.0 Å². The quantitative estimate of drug-likeness (QED) is 0.711. The Morgan fingerprint density at radius 2 is 2.35 bits per heavy atom. The highest BCUT2D eigenvalue weighted by Gasteiger charge is 2.19. The first-order valence-corrected chi connectivity index (χ1v) is 5.80. The first kappa shape index (κ1) is 11.8. The number of nitrogens with one attached hydrogen (secondary N) is 2. The molecule has 0 fully saturated rings. The molecular weight excluding hydrogens is 220 g/mol. The highest BCUT2D eigenvalue weighted by atomic mass is 16.4. The summed E-state index contributed by atoms with van der Waals surface area (Å²) >= 11 is 0. The van der Waals surface area contributed by atoms with Crippen molar-refractivity contribution in [2.24, 2.45) is 0 Å². The molecule has 0 amide bonds. The second-order valence-electron chi connectivity index (χ2n) is 3.98. The zero-order valence-corrected chi connectivity index (χ0v) is 9.79. The Bertz CT molecular complexity index is 434. The number of fused-ring (bicyclic) bond motifs is 1. The molecule has 6 heteroatoms. The molecule has 0 aromatic carbocycles. The highest BCUT2D eigenvalue weighted by Crippen LogP contribution is 2.20. The van der Waals surface area contributed by atoms with E-state index in [-0.39, 0.29) is 5.82 Å². The lowest BCUT2D eigenvalue weighted by atomic mass is 10.1. The van der Waals surface area contributed by atoms with Crippen LogP contribution in [0, 0.1) is 0 Å². The lowest BCUT2D eigenvalue weighted by Gasteiger charge is -2.19. The largest absolute Gasteiger partial charge is 0.475 e. The summed E-state index contributed by atoms with van der Waals surface area (Å²) in [4.78, 5) is 19.1. The zero-order chi connectivity index (χ0) is 12.3. The number of anilines is 1. The van der Waals surface area contributed by atoms with E-state index < -0.39 is 5.97 Å². The number of carbonyl (C=O) groups is 1. The molecule has 0 radical (unpaired) electrons. The molecule has 1 aliphatic heterocycles. The number of hydrogen-bond acceptors (Lipinski definition) is 5. The summed E-state index contributed by atoms with van der Waals surface area (Å²) in [5, 5.41) is 15.4. The van der Waals surface area contributed by atoms with Crippen molar-refractivity contribution in [1.82, 2.24) is 15.3 Å². The number of carboxylic acids is 1. The highest BCUT2D eigenvalue weighted by molar-refractivity contribution is 5.83. The first-order valence-electron chi connectivity index (χ1n) is 5.80. The van der Waals surface area contributed by atoms with Gasteiger partial charge in [-0.05, 0) is 6.42 Å². The Morgan fingerprint density at radius 1 is 1.53 bits per heavy atom. The van der Waals surface area contributed by atoms with Gasteiger partial charge in [0.05, 0.1) is 5.69 Å². The molecule has 1 aromatic rings. The predicted octanol–water partition coefficient (Wildman–Crippen LogP) is 0.642.